The first-order chi connectivity index (χ1) is 11.4. The third-order valence-electron chi connectivity index (χ3n) is 4.83. The molecule has 2 unspecified atom stereocenters. The van der Waals surface area contributed by atoms with E-state index in [-0.39, 0.29) is 0 Å². The van der Waals surface area contributed by atoms with Crippen LogP contribution >= 0.6 is 0 Å². The fraction of sp³-hybridized carbons (Fsp3) is 0.222. The molecular formula is C18H15N5. The van der Waals surface area contributed by atoms with Gasteiger partial charge in [-0.15, -0.1) is 0 Å². The van der Waals surface area contributed by atoms with Crippen LogP contribution in [0.25, 0.3) is 11.6 Å². The van der Waals surface area contributed by atoms with Gasteiger partial charge in [-0.1, -0.05) is 24.3 Å². The molecule has 5 heteroatoms. The predicted octanol–water partition coefficient (Wildman–Crippen LogP) is 2.98. The second kappa shape index (κ2) is 4.84. The van der Waals surface area contributed by atoms with Crippen LogP contribution in [0.5, 0.6) is 0 Å². The molecule has 0 saturated carbocycles. The Balaban J connectivity index is 1.46. The van der Waals surface area contributed by atoms with Crippen molar-refractivity contribution in [1.29, 1.82) is 0 Å². The van der Waals surface area contributed by atoms with E-state index in [2.05, 4.69) is 49.1 Å². The number of anilines is 1. The summed E-state index contributed by atoms with van der Waals surface area (Å²) in [5.74, 6) is 1.76. The standard InChI is InChI=1S/C18H15N5/c1-2-5-15-14(4-1)12-8-16(15)23(11-12)13-9-21-18(22-10-13)17-19-6-3-7-20-17/h1-7,9-10,12,16H,8,11H2. The maximum Gasteiger partial charge on any atom is 0.197 e. The summed E-state index contributed by atoms with van der Waals surface area (Å²) in [7, 11) is 0. The van der Waals surface area contributed by atoms with Crippen LogP contribution in [0.1, 0.15) is 29.5 Å². The minimum Gasteiger partial charge on any atom is -0.361 e. The number of aromatic nitrogens is 4. The summed E-state index contributed by atoms with van der Waals surface area (Å²) in [5.41, 5.74) is 4.05. The van der Waals surface area contributed by atoms with Gasteiger partial charge in [0.25, 0.3) is 0 Å². The van der Waals surface area contributed by atoms with E-state index >= 15 is 0 Å². The highest BCUT2D eigenvalue weighted by molar-refractivity contribution is 5.56. The Bertz CT molecular complexity index is 847. The van der Waals surface area contributed by atoms with E-state index in [0.29, 0.717) is 23.6 Å². The van der Waals surface area contributed by atoms with Crippen LogP contribution in [0.2, 0.25) is 0 Å². The Morgan fingerprint density at radius 1 is 0.826 bits per heavy atom. The van der Waals surface area contributed by atoms with Crippen molar-refractivity contribution in [2.45, 2.75) is 18.4 Å². The molecule has 2 bridgehead atoms. The van der Waals surface area contributed by atoms with Gasteiger partial charge < -0.3 is 4.90 Å². The topological polar surface area (TPSA) is 54.8 Å². The van der Waals surface area contributed by atoms with Crippen molar-refractivity contribution >= 4 is 5.69 Å². The highest BCUT2D eigenvalue weighted by atomic mass is 15.2. The molecule has 3 heterocycles. The van der Waals surface area contributed by atoms with Crippen LogP contribution in [0, 0.1) is 0 Å². The highest BCUT2D eigenvalue weighted by Gasteiger charge is 2.42. The van der Waals surface area contributed by atoms with E-state index in [4.69, 9.17) is 0 Å². The van der Waals surface area contributed by atoms with E-state index < -0.39 is 0 Å². The summed E-state index contributed by atoms with van der Waals surface area (Å²) < 4.78 is 0. The van der Waals surface area contributed by atoms with Gasteiger partial charge in [0.05, 0.1) is 24.1 Å². The van der Waals surface area contributed by atoms with Gasteiger partial charge in [0, 0.05) is 24.9 Å². The molecule has 112 valence electrons. The zero-order valence-electron chi connectivity index (χ0n) is 12.5. The number of fused-ring (bicyclic) bond motifs is 5. The highest BCUT2D eigenvalue weighted by Crippen LogP contribution is 2.51. The quantitative estimate of drug-likeness (QED) is 0.728. The Labute approximate surface area is 134 Å². The summed E-state index contributed by atoms with van der Waals surface area (Å²) in [4.78, 5) is 19.7. The van der Waals surface area contributed by atoms with E-state index in [1.807, 2.05) is 12.4 Å². The molecule has 1 saturated heterocycles. The van der Waals surface area contributed by atoms with Crippen molar-refractivity contribution in [3.63, 3.8) is 0 Å². The molecule has 23 heavy (non-hydrogen) atoms. The van der Waals surface area contributed by atoms with Crippen molar-refractivity contribution in [3.05, 3.63) is 66.2 Å². The maximum absolute atomic E-state index is 4.46. The number of nitrogens with zero attached hydrogens (tertiary/aromatic N) is 5. The van der Waals surface area contributed by atoms with Crippen LogP contribution in [0.3, 0.4) is 0 Å². The molecular weight excluding hydrogens is 286 g/mol. The molecule has 0 spiro atoms. The lowest BCUT2D eigenvalue weighted by atomic mass is 9.99. The minimum atomic E-state index is 0.457. The van der Waals surface area contributed by atoms with Crippen LogP contribution < -0.4 is 4.90 Å². The van der Waals surface area contributed by atoms with Crippen molar-refractivity contribution in [3.8, 4) is 11.6 Å². The number of benzene rings is 1. The fourth-order valence-electron chi connectivity index (χ4n) is 3.83. The smallest absolute Gasteiger partial charge is 0.197 e. The number of rotatable bonds is 2. The van der Waals surface area contributed by atoms with Crippen molar-refractivity contribution in [2.75, 3.05) is 11.4 Å². The van der Waals surface area contributed by atoms with Crippen LogP contribution in [-0.4, -0.2) is 26.5 Å². The van der Waals surface area contributed by atoms with Gasteiger partial charge in [-0.3, -0.25) is 0 Å². The summed E-state index contributed by atoms with van der Waals surface area (Å²) in [5, 5.41) is 0. The largest absolute Gasteiger partial charge is 0.361 e. The molecule has 1 aliphatic heterocycles. The third-order valence-corrected chi connectivity index (χ3v) is 4.83. The Morgan fingerprint density at radius 3 is 2.30 bits per heavy atom. The van der Waals surface area contributed by atoms with Gasteiger partial charge in [0.15, 0.2) is 11.6 Å². The molecule has 1 aromatic carbocycles. The second-order valence-electron chi connectivity index (χ2n) is 6.07. The fourth-order valence-corrected chi connectivity index (χ4v) is 3.83. The van der Waals surface area contributed by atoms with Crippen LogP contribution in [0.15, 0.2) is 55.1 Å². The monoisotopic (exact) mass is 301 g/mol. The Morgan fingerprint density at radius 2 is 1.52 bits per heavy atom. The average Bonchev–Trinajstić information content (AvgIpc) is 3.22. The Kier molecular flexibility index (Phi) is 2.67. The van der Waals surface area contributed by atoms with Gasteiger partial charge in [-0.2, -0.15) is 0 Å². The van der Waals surface area contributed by atoms with Crippen LogP contribution in [0.4, 0.5) is 5.69 Å². The molecule has 2 atom stereocenters. The zero-order valence-corrected chi connectivity index (χ0v) is 12.5. The van der Waals surface area contributed by atoms with Gasteiger partial charge in [-0.05, 0) is 23.6 Å². The molecule has 1 aliphatic carbocycles. The average molecular weight is 301 g/mol. The summed E-state index contributed by atoms with van der Waals surface area (Å²) in [6, 6.07) is 11.0. The molecule has 2 aromatic heterocycles. The number of hydrogen-bond acceptors (Lipinski definition) is 5. The van der Waals surface area contributed by atoms with Gasteiger partial charge in [0.2, 0.25) is 0 Å². The van der Waals surface area contributed by atoms with Crippen molar-refractivity contribution < 1.29 is 0 Å². The van der Waals surface area contributed by atoms with Gasteiger partial charge in [-0.25, -0.2) is 19.9 Å². The van der Waals surface area contributed by atoms with E-state index in [1.54, 1.807) is 18.5 Å². The van der Waals surface area contributed by atoms with Crippen LogP contribution in [-0.2, 0) is 0 Å². The molecule has 0 N–H and O–H groups in total. The lowest BCUT2D eigenvalue weighted by molar-refractivity contribution is 0.737. The molecule has 2 aliphatic rings. The predicted molar refractivity (Wildman–Crippen MR) is 86.9 cm³/mol. The normalized spacial score (nSPS) is 21.5. The van der Waals surface area contributed by atoms with E-state index in [9.17, 15) is 0 Å². The Hall–Kier alpha value is -2.82. The molecule has 5 nitrogen and oxygen atoms in total. The van der Waals surface area contributed by atoms with E-state index in [0.717, 1.165) is 12.2 Å². The maximum atomic E-state index is 4.46. The number of hydrogen-bond donors (Lipinski definition) is 0. The second-order valence-corrected chi connectivity index (χ2v) is 6.07. The molecule has 0 radical (unpaired) electrons. The SMILES string of the molecule is c1cnc(-c2ncc(N3CC4CC3c3ccccc34)cn2)nc1. The van der Waals surface area contributed by atoms with Gasteiger partial charge in [0.1, 0.15) is 0 Å². The van der Waals surface area contributed by atoms with Gasteiger partial charge >= 0.3 is 0 Å². The summed E-state index contributed by atoms with van der Waals surface area (Å²) in [6.45, 7) is 1.05. The first kappa shape index (κ1) is 12.7. The molecule has 1 fully saturated rings. The minimum absolute atomic E-state index is 0.457. The van der Waals surface area contributed by atoms with E-state index in [1.165, 1.54) is 17.5 Å². The zero-order chi connectivity index (χ0) is 15.2. The first-order valence-electron chi connectivity index (χ1n) is 7.85. The first-order valence-corrected chi connectivity index (χ1v) is 7.85. The van der Waals surface area contributed by atoms with Crippen molar-refractivity contribution in [2.24, 2.45) is 0 Å². The molecule has 3 aromatic rings. The molecule has 0 amide bonds. The lowest BCUT2D eigenvalue weighted by Crippen LogP contribution is -2.27. The van der Waals surface area contributed by atoms with Crippen molar-refractivity contribution in [1.82, 2.24) is 19.9 Å². The third kappa shape index (κ3) is 1.93. The summed E-state index contributed by atoms with van der Waals surface area (Å²) in [6.07, 6.45) is 8.39. The lowest BCUT2D eigenvalue weighted by Gasteiger charge is -2.30. The molecule has 5 rings (SSSR count). The summed E-state index contributed by atoms with van der Waals surface area (Å²) >= 11 is 0.